The van der Waals surface area contributed by atoms with Crippen molar-refractivity contribution in [2.45, 2.75) is 25.4 Å². The van der Waals surface area contributed by atoms with Crippen molar-refractivity contribution in [2.24, 2.45) is 0 Å². The van der Waals surface area contributed by atoms with E-state index in [1.807, 2.05) is 0 Å². The van der Waals surface area contributed by atoms with Crippen LogP contribution in [-0.4, -0.2) is 17.6 Å². The Morgan fingerprint density at radius 2 is 2.20 bits per heavy atom. The SMILES string of the molecule is O=CON(Cc1ccccc1F)C1CC1. The number of hydrogen-bond donors (Lipinski definition) is 0. The second-order valence-corrected chi connectivity index (χ2v) is 3.60. The largest absolute Gasteiger partial charge is 0.370 e. The molecule has 80 valence electrons. The summed E-state index contributed by atoms with van der Waals surface area (Å²) in [6, 6.07) is 6.76. The van der Waals surface area contributed by atoms with E-state index in [1.165, 1.54) is 11.1 Å². The number of rotatable bonds is 5. The molecule has 15 heavy (non-hydrogen) atoms. The van der Waals surface area contributed by atoms with Crippen LogP contribution in [-0.2, 0) is 16.2 Å². The van der Waals surface area contributed by atoms with Gasteiger partial charge in [-0.3, -0.25) is 4.79 Å². The van der Waals surface area contributed by atoms with E-state index in [-0.39, 0.29) is 11.9 Å². The number of hydroxylamine groups is 2. The second-order valence-electron chi connectivity index (χ2n) is 3.60. The molecular formula is C11H12FNO2. The Labute approximate surface area is 87.4 Å². The van der Waals surface area contributed by atoms with E-state index in [0.29, 0.717) is 18.6 Å². The average Bonchev–Trinajstić information content (AvgIpc) is 3.04. The molecule has 1 fully saturated rings. The Morgan fingerprint density at radius 1 is 1.47 bits per heavy atom. The van der Waals surface area contributed by atoms with Crippen molar-refractivity contribution in [3.05, 3.63) is 35.6 Å². The van der Waals surface area contributed by atoms with Gasteiger partial charge in [-0.15, -0.1) is 5.06 Å². The molecule has 0 radical (unpaired) electrons. The van der Waals surface area contributed by atoms with Gasteiger partial charge in [0.25, 0.3) is 0 Å². The quantitative estimate of drug-likeness (QED) is 0.547. The van der Waals surface area contributed by atoms with Gasteiger partial charge >= 0.3 is 6.47 Å². The molecule has 0 saturated heterocycles. The van der Waals surface area contributed by atoms with Gasteiger partial charge in [-0.25, -0.2) is 4.39 Å². The van der Waals surface area contributed by atoms with Crippen molar-refractivity contribution < 1.29 is 14.0 Å². The maximum atomic E-state index is 13.3. The molecule has 0 aromatic heterocycles. The normalized spacial score (nSPS) is 15.3. The third-order valence-electron chi connectivity index (χ3n) is 2.42. The van der Waals surface area contributed by atoms with Crippen molar-refractivity contribution >= 4 is 6.47 Å². The molecule has 1 saturated carbocycles. The van der Waals surface area contributed by atoms with Crippen LogP contribution < -0.4 is 0 Å². The average molecular weight is 209 g/mol. The van der Waals surface area contributed by atoms with Gasteiger partial charge in [-0.05, 0) is 18.9 Å². The number of carbonyl (C=O) groups is 1. The Kier molecular flexibility index (Phi) is 2.97. The number of nitrogens with zero attached hydrogens (tertiary/aromatic N) is 1. The van der Waals surface area contributed by atoms with Crippen LogP contribution in [0.15, 0.2) is 24.3 Å². The summed E-state index contributed by atoms with van der Waals surface area (Å²) in [5.41, 5.74) is 0.547. The first-order valence-electron chi connectivity index (χ1n) is 4.91. The lowest BCUT2D eigenvalue weighted by molar-refractivity contribution is -0.180. The zero-order valence-corrected chi connectivity index (χ0v) is 8.23. The summed E-state index contributed by atoms with van der Waals surface area (Å²) >= 11 is 0. The molecule has 0 atom stereocenters. The maximum Gasteiger partial charge on any atom is 0.313 e. The van der Waals surface area contributed by atoms with Gasteiger partial charge in [-0.1, -0.05) is 18.2 Å². The van der Waals surface area contributed by atoms with Crippen LogP contribution in [0, 0.1) is 5.82 Å². The summed E-state index contributed by atoms with van der Waals surface area (Å²) in [7, 11) is 0. The van der Waals surface area contributed by atoms with Crippen molar-refractivity contribution in [3.8, 4) is 0 Å². The predicted molar refractivity (Wildman–Crippen MR) is 52.1 cm³/mol. The van der Waals surface area contributed by atoms with E-state index in [2.05, 4.69) is 0 Å². The molecule has 1 aliphatic carbocycles. The minimum absolute atomic E-state index is 0.259. The van der Waals surface area contributed by atoms with E-state index < -0.39 is 0 Å². The van der Waals surface area contributed by atoms with Crippen molar-refractivity contribution in [1.29, 1.82) is 0 Å². The molecule has 4 heteroatoms. The van der Waals surface area contributed by atoms with E-state index in [9.17, 15) is 9.18 Å². The highest BCUT2D eigenvalue weighted by Crippen LogP contribution is 2.28. The van der Waals surface area contributed by atoms with Crippen LogP contribution in [0.1, 0.15) is 18.4 Å². The Hall–Kier alpha value is -1.42. The molecule has 0 spiro atoms. The highest BCUT2D eigenvalue weighted by atomic mass is 19.1. The number of carbonyl (C=O) groups excluding carboxylic acids is 1. The highest BCUT2D eigenvalue weighted by Gasteiger charge is 2.31. The zero-order valence-electron chi connectivity index (χ0n) is 8.23. The van der Waals surface area contributed by atoms with Crippen LogP contribution in [0.4, 0.5) is 4.39 Å². The monoisotopic (exact) mass is 209 g/mol. The van der Waals surface area contributed by atoms with Gasteiger partial charge in [-0.2, -0.15) is 0 Å². The Bertz CT molecular complexity index is 352. The molecule has 3 nitrogen and oxygen atoms in total. The van der Waals surface area contributed by atoms with E-state index in [1.54, 1.807) is 18.2 Å². The summed E-state index contributed by atoms with van der Waals surface area (Å²) in [4.78, 5) is 15.1. The first-order chi connectivity index (χ1) is 7.31. The summed E-state index contributed by atoms with van der Waals surface area (Å²) in [6.07, 6.45) is 2.00. The topological polar surface area (TPSA) is 29.5 Å². The molecular weight excluding hydrogens is 197 g/mol. The van der Waals surface area contributed by atoms with Crippen molar-refractivity contribution in [1.82, 2.24) is 5.06 Å². The fraction of sp³-hybridized carbons (Fsp3) is 0.364. The molecule has 0 aliphatic heterocycles. The van der Waals surface area contributed by atoms with E-state index in [4.69, 9.17) is 4.84 Å². The number of benzene rings is 1. The van der Waals surface area contributed by atoms with E-state index >= 15 is 0 Å². The third-order valence-corrected chi connectivity index (χ3v) is 2.42. The number of hydrogen-bond acceptors (Lipinski definition) is 3. The van der Waals surface area contributed by atoms with Gasteiger partial charge in [0.1, 0.15) is 5.82 Å². The molecule has 1 aromatic rings. The van der Waals surface area contributed by atoms with Crippen LogP contribution in [0.3, 0.4) is 0 Å². The predicted octanol–water partition coefficient (Wildman–Crippen LogP) is 1.88. The van der Waals surface area contributed by atoms with Gasteiger partial charge in [0.2, 0.25) is 0 Å². The molecule has 0 bridgehead atoms. The summed E-state index contributed by atoms with van der Waals surface area (Å²) in [6.45, 7) is 0.704. The molecule has 0 heterocycles. The van der Waals surface area contributed by atoms with Crippen LogP contribution in [0.2, 0.25) is 0 Å². The maximum absolute atomic E-state index is 13.3. The van der Waals surface area contributed by atoms with Gasteiger partial charge in [0.15, 0.2) is 0 Å². The van der Waals surface area contributed by atoms with Gasteiger partial charge in [0, 0.05) is 11.6 Å². The first kappa shape index (κ1) is 10.1. The molecule has 0 N–H and O–H groups in total. The van der Waals surface area contributed by atoms with Crippen LogP contribution in [0.5, 0.6) is 0 Å². The smallest absolute Gasteiger partial charge is 0.313 e. The minimum Gasteiger partial charge on any atom is -0.370 e. The fourth-order valence-corrected chi connectivity index (χ4v) is 1.46. The van der Waals surface area contributed by atoms with Crippen LogP contribution in [0.25, 0.3) is 0 Å². The first-order valence-corrected chi connectivity index (χ1v) is 4.91. The van der Waals surface area contributed by atoms with Crippen molar-refractivity contribution in [3.63, 3.8) is 0 Å². The summed E-state index contributed by atoms with van der Waals surface area (Å²) in [5.74, 6) is -0.266. The Morgan fingerprint density at radius 3 is 2.80 bits per heavy atom. The lowest BCUT2D eigenvalue weighted by Crippen LogP contribution is -2.25. The zero-order chi connectivity index (χ0) is 10.7. The molecule has 0 amide bonds. The molecule has 0 unspecified atom stereocenters. The highest BCUT2D eigenvalue weighted by molar-refractivity contribution is 5.36. The van der Waals surface area contributed by atoms with Gasteiger partial charge in [0.05, 0.1) is 6.54 Å². The summed E-state index contributed by atoms with van der Waals surface area (Å²) < 4.78 is 13.3. The standard InChI is InChI=1S/C11H12FNO2/c12-11-4-2-1-3-9(11)7-13(15-8-14)10-5-6-10/h1-4,8,10H,5-7H2. The van der Waals surface area contributed by atoms with Crippen molar-refractivity contribution in [2.75, 3.05) is 0 Å². The van der Waals surface area contributed by atoms with E-state index in [0.717, 1.165) is 12.8 Å². The fourth-order valence-electron chi connectivity index (χ4n) is 1.46. The third kappa shape index (κ3) is 2.53. The summed E-state index contributed by atoms with van der Waals surface area (Å²) in [5, 5.41) is 1.53. The molecule has 2 rings (SSSR count). The van der Waals surface area contributed by atoms with Crippen LogP contribution >= 0.6 is 0 Å². The Balaban J connectivity index is 2.05. The molecule has 1 aromatic carbocycles. The molecule has 1 aliphatic rings. The van der Waals surface area contributed by atoms with Gasteiger partial charge < -0.3 is 4.84 Å². The minimum atomic E-state index is -0.266. The lowest BCUT2D eigenvalue weighted by Gasteiger charge is -2.18. The second kappa shape index (κ2) is 4.40. The number of halogens is 1. The lowest BCUT2D eigenvalue weighted by atomic mass is 10.2.